The van der Waals surface area contributed by atoms with Crippen molar-refractivity contribution in [1.82, 2.24) is 5.32 Å². The van der Waals surface area contributed by atoms with E-state index in [2.05, 4.69) is 43.4 Å². The van der Waals surface area contributed by atoms with Gasteiger partial charge in [0.1, 0.15) is 11.6 Å². The van der Waals surface area contributed by atoms with E-state index in [0.717, 1.165) is 0 Å². The van der Waals surface area contributed by atoms with E-state index in [0.29, 0.717) is 17.9 Å². The van der Waals surface area contributed by atoms with Crippen molar-refractivity contribution in [2.75, 3.05) is 7.11 Å². The number of nitrogens with one attached hydrogen (secondary N) is 1. The monoisotopic (exact) mass is 273 g/mol. The normalized spacial score (nSPS) is 12.2. The molecule has 0 aromatic heterocycles. The predicted octanol–water partition coefficient (Wildman–Crippen LogP) is 3.99. The second-order valence-corrected chi connectivity index (χ2v) is 4.97. The molecule has 0 amide bonds. The van der Waals surface area contributed by atoms with Gasteiger partial charge in [0.15, 0.2) is 0 Å². The van der Waals surface area contributed by atoms with Crippen LogP contribution in [0.15, 0.2) is 42.5 Å². The molecule has 106 valence electrons. The molecular weight excluding hydrogens is 253 g/mol. The molecule has 0 saturated carbocycles. The van der Waals surface area contributed by atoms with Gasteiger partial charge in [0.05, 0.1) is 7.11 Å². The molecule has 1 N–H and O–H groups in total. The highest BCUT2D eigenvalue weighted by Gasteiger charge is 2.08. The first-order valence-corrected chi connectivity index (χ1v) is 6.72. The molecule has 0 bridgehead atoms. The molecule has 2 rings (SSSR count). The summed E-state index contributed by atoms with van der Waals surface area (Å²) >= 11 is 0. The van der Waals surface area contributed by atoms with Crippen molar-refractivity contribution in [1.29, 1.82) is 0 Å². The quantitative estimate of drug-likeness (QED) is 0.889. The average molecular weight is 273 g/mol. The molecule has 1 atom stereocenters. The lowest BCUT2D eigenvalue weighted by Crippen LogP contribution is -2.18. The lowest BCUT2D eigenvalue weighted by atomic mass is 10.1. The Hall–Kier alpha value is -1.87. The first-order chi connectivity index (χ1) is 9.60. The minimum atomic E-state index is -0.243. The van der Waals surface area contributed by atoms with Crippen LogP contribution in [-0.4, -0.2) is 7.11 Å². The number of ether oxygens (including phenoxy) is 1. The van der Waals surface area contributed by atoms with Gasteiger partial charge in [0.2, 0.25) is 0 Å². The summed E-state index contributed by atoms with van der Waals surface area (Å²) in [5.74, 6) is 0.297. The van der Waals surface area contributed by atoms with Gasteiger partial charge in [0.25, 0.3) is 0 Å². The molecule has 0 unspecified atom stereocenters. The van der Waals surface area contributed by atoms with Crippen LogP contribution in [0, 0.1) is 12.7 Å². The maximum atomic E-state index is 13.8. The van der Waals surface area contributed by atoms with E-state index in [1.54, 1.807) is 12.1 Å². The second kappa shape index (κ2) is 6.53. The van der Waals surface area contributed by atoms with Gasteiger partial charge >= 0.3 is 0 Å². The van der Waals surface area contributed by atoms with Crippen molar-refractivity contribution in [2.45, 2.75) is 26.4 Å². The summed E-state index contributed by atoms with van der Waals surface area (Å²) in [6.45, 7) is 4.63. The zero-order valence-electron chi connectivity index (χ0n) is 12.1. The summed E-state index contributed by atoms with van der Waals surface area (Å²) in [7, 11) is 1.53. The highest BCUT2D eigenvalue weighted by molar-refractivity contribution is 5.29. The van der Waals surface area contributed by atoms with E-state index in [9.17, 15) is 4.39 Å². The molecule has 2 aromatic rings. The summed E-state index contributed by atoms with van der Waals surface area (Å²) in [6, 6.07) is 13.5. The van der Waals surface area contributed by atoms with Gasteiger partial charge in [-0.3, -0.25) is 0 Å². The van der Waals surface area contributed by atoms with Crippen LogP contribution in [0.2, 0.25) is 0 Å². The Morgan fingerprint density at radius 3 is 2.45 bits per heavy atom. The maximum absolute atomic E-state index is 13.8. The zero-order chi connectivity index (χ0) is 14.5. The summed E-state index contributed by atoms with van der Waals surface area (Å²) in [5.41, 5.74) is 3.08. The number of halogens is 1. The predicted molar refractivity (Wildman–Crippen MR) is 79.4 cm³/mol. The standard InChI is InChI=1S/C17H20FNO/c1-12-4-6-14(7-5-12)13(2)19-11-15-8-9-16(20-3)10-17(15)18/h4-10,13,19H,11H2,1-3H3/t13-/m1/s1. The minimum Gasteiger partial charge on any atom is -0.497 e. The minimum absolute atomic E-state index is 0.178. The maximum Gasteiger partial charge on any atom is 0.131 e. The molecule has 3 heteroatoms. The van der Waals surface area contributed by atoms with Gasteiger partial charge < -0.3 is 10.1 Å². The van der Waals surface area contributed by atoms with Crippen LogP contribution in [0.25, 0.3) is 0 Å². The first kappa shape index (κ1) is 14.5. The highest BCUT2D eigenvalue weighted by Crippen LogP contribution is 2.18. The molecular formula is C17H20FNO. The Balaban J connectivity index is 1.99. The van der Waals surface area contributed by atoms with Gasteiger partial charge in [-0.15, -0.1) is 0 Å². The number of methoxy groups -OCH3 is 1. The van der Waals surface area contributed by atoms with Crippen molar-refractivity contribution in [3.8, 4) is 5.75 Å². The fourth-order valence-electron chi connectivity index (χ4n) is 2.03. The van der Waals surface area contributed by atoms with Crippen molar-refractivity contribution in [3.63, 3.8) is 0 Å². The molecule has 0 heterocycles. The Bertz CT molecular complexity index is 566. The fourth-order valence-corrected chi connectivity index (χ4v) is 2.03. The van der Waals surface area contributed by atoms with E-state index in [1.165, 1.54) is 24.3 Å². The Morgan fingerprint density at radius 2 is 1.85 bits per heavy atom. The Labute approximate surface area is 119 Å². The van der Waals surface area contributed by atoms with Crippen LogP contribution in [0.3, 0.4) is 0 Å². The topological polar surface area (TPSA) is 21.3 Å². The van der Waals surface area contributed by atoms with Crippen LogP contribution >= 0.6 is 0 Å². The fraction of sp³-hybridized carbons (Fsp3) is 0.294. The van der Waals surface area contributed by atoms with Crippen LogP contribution in [0.5, 0.6) is 5.75 Å². The SMILES string of the molecule is COc1ccc(CN[C@H](C)c2ccc(C)cc2)c(F)c1. The van der Waals surface area contributed by atoms with Crippen molar-refractivity contribution in [2.24, 2.45) is 0 Å². The van der Waals surface area contributed by atoms with Gasteiger partial charge in [-0.2, -0.15) is 0 Å². The molecule has 0 radical (unpaired) electrons. The van der Waals surface area contributed by atoms with Gasteiger partial charge in [0, 0.05) is 24.2 Å². The van der Waals surface area contributed by atoms with E-state index in [4.69, 9.17) is 4.74 Å². The highest BCUT2D eigenvalue weighted by atomic mass is 19.1. The largest absolute Gasteiger partial charge is 0.497 e. The molecule has 2 nitrogen and oxygen atoms in total. The van der Waals surface area contributed by atoms with Crippen LogP contribution in [0.4, 0.5) is 4.39 Å². The number of hydrogen-bond donors (Lipinski definition) is 1. The summed E-state index contributed by atoms with van der Waals surface area (Å²) in [4.78, 5) is 0. The average Bonchev–Trinajstić information content (AvgIpc) is 2.46. The summed E-state index contributed by atoms with van der Waals surface area (Å²) in [6.07, 6.45) is 0. The molecule has 0 aliphatic heterocycles. The molecule has 2 aromatic carbocycles. The number of benzene rings is 2. The van der Waals surface area contributed by atoms with Crippen molar-refractivity contribution >= 4 is 0 Å². The molecule has 0 aliphatic carbocycles. The van der Waals surface area contributed by atoms with Gasteiger partial charge in [-0.25, -0.2) is 4.39 Å². The van der Waals surface area contributed by atoms with E-state index < -0.39 is 0 Å². The third-order valence-corrected chi connectivity index (χ3v) is 3.44. The van der Waals surface area contributed by atoms with Crippen LogP contribution in [-0.2, 0) is 6.54 Å². The van der Waals surface area contributed by atoms with Gasteiger partial charge in [-0.1, -0.05) is 35.9 Å². The van der Waals surface area contributed by atoms with Crippen molar-refractivity contribution in [3.05, 3.63) is 65.0 Å². The zero-order valence-corrected chi connectivity index (χ0v) is 12.1. The van der Waals surface area contributed by atoms with E-state index in [-0.39, 0.29) is 11.9 Å². The molecule has 20 heavy (non-hydrogen) atoms. The van der Waals surface area contributed by atoms with Gasteiger partial charge in [-0.05, 0) is 25.5 Å². The molecule has 0 saturated heterocycles. The number of rotatable bonds is 5. The van der Waals surface area contributed by atoms with Crippen LogP contribution in [0.1, 0.15) is 29.7 Å². The third kappa shape index (κ3) is 3.58. The summed E-state index contributed by atoms with van der Waals surface area (Å²) < 4.78 is 18.8. The summed E-state index contributed by atoms with van der Waals surface area (Å²) in [5, 5.41) is 3.33. The molecule has 0 fully saturated rings. The Morgan fingerprint density at radius 1 is 1.15 bits per heavy atom. The van der Waals surface area contributed by atoms with E-state index >= 15 is 0 Å². The lowest BCUT2D eigenvalue weighted by molar-refractivity contribution is 0.410. The first-order valence-electron chi connectivity index (χ1n) is 6.72. The third-order valence-electron chi connectivity index (χ3n) is 3.44. The van der Waals surface area contributed by atoms with E-state index in [1.807, 2.05) is 0 Å². The van der Waals surface area contributed by atoms with Crippen molar-refractivity contribution < 1.29 is 9.13 Å². The molecule has 0 spiro atoms. The number of hydrogen-bond acceptors (Lipinski definition) is 2. The smallest absolute Gasteiger partial charge is 0.131 e. The molecule has 0 aliphatic rings. The Kier molecular flexibility index (Phi) is 4.74. The second-order valence-electron chi connectivity index (χ2n) is 4.97. The lowest BCUT2D eigenvalue weighted by Gasteiger charge is -2.15. The number of aryl methyl sites for hydroxylation is 1. The van der Waals surface area contributed by atoms with Crippen LogP contribution < -0.4 is 10.1 Å².